The topological polar surface area (TPSA) is 27.0 Å². The quantitative estimate of drug-likeness (QED) is 0.629. The van der Waals surface area contributed by atoms with E-state index in [1.165, 1.54) is 0 Å². The highest BCUT2D eigenvalue weighted by Crippen LogP contribution is 2.24. The van der Waals surface area contributed by atoms with Crippen molar-refractivity contribution in [2.24, 2.45) is 5.92 Å². The molecule has 0 saturated carbocycles. The molecule has 1 heterocycles. The minimum absolute atomic E-state index is 0.293. The SMILES string of the molecule is CC(C)CN1CCC(F)(C#N)C1. The van der Waals surface area contributed by atoms with E-state index in [4.69, 9.17) is 5.26 Å². The minimum atomic E-state index is -1.57. The Morgan fingerprint density at radius 1 is 1.67 bits per heavy atom. The highest BCUT2D eigenvalue weighted by molar-refractivity contribution is 5.06. The molecule has 1 saturated heterocycles. The third-order valence-corrected chi connectivity index (χ3v) is 2.12. The van der Waals surface area contributed by atoms with Gasteiger partial charge in [-0.2, -0.15) is 5.26 Å². The molecule has 0 aliphatic carbocycles. The highest BCUT2D eigenvalue weighted by atomic mass is 19.1. The molecular formula is C9H15FN2. The zero-order valence-corrected chi connectivity index (χ0v) is 7.68. The van der Waals surface area contributed by atoms with Crippen molar-refractivity contribution in [3.05, 3.63) is 0 Å². The second-order valence-corrected chi connectivity index (χ2v) is 3.96. The fraction of sp³-hybridized carbons (Fsp3) is 0.889. The van der Waals surface area contributed by atoms with Crippen molar-refractivity contribution in [3.8, 4) is 6.07 Å². The van der Waals surface area contributed by atoms with E-state index in [-0.39, 0.29) is 0 Å². The lowest BCUT2D eigenvalue weighted by Gasteiger charge is -2.17. The van der Waals surface area contributed by atoms with Crippen LogP contribution in [0.4, 0.5) is 4.39 Å². The van der Waals surface area contributed by atoms with Gasteiger partial charge in [0.15, 0.2) is 0 Å². The lowest BCUT2D eigenvalue weighted by atomic mass is 10.1. The highest BCUT2D eigenvalue weighted by Gasteiger charge is 2.38. The average molecular weight is 170 g/mol. The molecular weight excluding hydrogens is 155 g/mol. The van der Waals surface area contributed by atoms with E-state index < -0.39 is 5.67 Å². The van der Waals surface area contributed by atoms with Crippen LogP contribution in [0.1, 0.15) is 20.3 Å². The smallest absolute Gasteiger partial charge is 0.209 e. The summed E-state index contributed by atoms with van der Waals surface area (Å²) >= 11 is 0. The first-order valence-corrected chi connectivity index (χ1v) is 4.38. The zero-order valence-electron chi connectivity index (χ0n) is 7.68. The van der Waals surface area contributed by atoms with Gasteiger partial charge < -0.3 is 0 Å². The lowest BCUT2D eigenvalue weighted by molar-refractivity contribution is 0.218. The van der Waals surface area contributed by atoms with Crippen molar-refractivity contribution < 1.29 is 4.39 Å². The average Bonchev–Trinajstić information content (AvgIpc) is 2.32. The lowest BCUT2D eigenvalue weighted by Crippen LogP contribution is -2.30. The van der Waals surface area contributed by atoms with Crippen LogP contribution in [-0.4, -0.2) is 30.2 Å². The fourth-order valence-corrected chi connectivity index (χ4v) is 1.61. The number of hydrogen-bond acceptors (Lipinski definition) is 2. The fourth-order valence-electron chi connectivity index (χ4n) is 1.61. The van der Waals surface area contributed by atoms with E-state index in [0.717, 1.165) is 13.1 Å². The largest absolute Gasteiger partial charge is 0.299 e. The summed E-state index contributed by atoms with van der Waals surface area (Å²) < 4.78 is 13.3. The maximum absolute atomic E-state index is 13.3. The summed E-state index contributed by atoms with van der Waals surface area (Å²) in [7, 11) is 0. The molecule has 1 aliphatic rings. The van der Waals surface area contributed by atoms with Gasteiger partial charge in [-0.25, -0.2) is 4.39 Å². The van der Waals surface area contributed by atoms with Crippen molar-refractivity contribution in [1.29, 1.82) is 5.26 Å². The Bertz CT molecular complexity index is 197. The Labute approximate surface area is 73.0 Å². The first kappa shape index (κ1) is 9.47. The number of nitrogens with zero attached hydrogens (tertiary/aromatic N) is 2. The zero-order chi connectivity index (χ0) is 9.19. The van der Waals surface area contributed by atoms with Crippen molar-refractivity contribution >= 4 is 0 Å². The number of alkyl halides is 1. The van der Waals surface area contributed by atoms with Gasteiger partial charge in [-0.15, -0.1) is 0 Å². The number of rotatable bonds is 2. The van der Waals surface area contributed by atoms with Gasteiger partial charge in [0.1, 0.15) is 6.07 Å². The van der Waals surface area contributed by atoms with E-state index >= 15 is 0 Å². The molecule has 0 aromatic heterocycles. The molecule has 1 atom stereocenters. The Morgan fingerprint density at radius 3 is 2.75 bits per heavy atom. The van der Waals surface area contributed by atoms with Crippen LogP contribution in [0.2, 0.25) is 0 Å². The molecule has 0 amide bonds. The van der Waals surface area contributed by atoms with Crippen LogP contribution in [0.3, 0.4) is 0 Å². The Kier molecular flexibility index (Phi) is 2.69. The predicted molar refractivity (Wildman–Crippen MR) is 45.3 cm³/mol. The van der Waals surface area contributed by atoms with Gasteiger partial charge in [0.25, 0.3) is 0 Å². The first-order valence-electron chi connectivity index (χ1n) is 4.38. The summed E-state index contributed by atoms with van der Waals surface area (Å²) in [6, 6.07) is 1.74. The summed E-state index contributed by atoms with van der Waals surface area (Å²) in [6.07, 6.45) is 0.371. The Balaban J connectivity index is 2.42. The van der Waals surface area contributed by atoms with Gasteiger partial charge in [0, 0.05) is 26.1 Å². The molecule has 0 N–H and O–H groups in total. The monoisotopic (exact) mass is 170 g/mol. The molecule has 0 aromatic carbocycles. The molecule has 0 spiro atoms. The van der Waals surface area contributed by atoms with Gasteiger partial charge in [-0.3, -0.25) is 4.90 Å². The number of likely N-dealkylation sites (tertiary alicyclic amines) is 1. The molecule has 0 radical (unpaired) electrons. The summed E-state index contributed by atoms with van der Waals surface area (Å²) in [5.41, 5.74) is -1.57. The summed E-state index contributed by atoms with van der Waals surface area (Å²) in [6.45, 7) is 6.12. The Hall–Kier alpha value is -0.620. The van der Waals surface area contributed by atoms with E-state index in [1.54, 1.807) is 6.07 Å². The molecule has 1 aliphatic heterocycles. The van der Waals surface area contributed by atoms with Crippen LogP contribution in [0.25, 0.3) is 0 Å². The van der Waals surface area contributed by atoms with E-state index in [2.05, 4.69) is 13.8 Å². The summed E-state index contributed by atoms with van der Waals surface area (Å²) in [5.74, 6) is 0.547. The molecule has 12 heavy (non-hydrogen) atoms. The minimum Gasteiger partial charge on any atom is -0.299 e. The second kappa shape index (κ2) is 3.40. The molecule has 68 valence electrons. The predicted octanol–water partition coefficient (Wildman–Crippen LogP) is 1.58. The third kappa shape index (κ3) is 2.18. The van der Waals surface area contributed by atoms with Crippen LogP contribution >= 0.6 is 0 Å². The van der Waals surface area contributed by atoms with Crippen molar-refractivity contribution in [1.82, 2.24) is 4.90 Å². The van der Waals surface area contributed by atoms with Crippen LogP contribution < -0.4 is 0 Å². The molecule has 0 aromatic rings. The van der Waals surface area contributed by atoms with Crippen molar-refractivity contribution in [3.63, 3.8) is 0 Å². The molecule has 1 unspecified atom stereocenters. The maximum Gasteiger partial charge on any atom is 0.209 e. The van der Waals surface area contributed by atoms with E-state index in [0.29, 0.717) is 18.9 Å². The van der Waals surface area contributed by atoms with Gasteiger partial charge in [-0.1, -0.05) is 13.8 Å². The molecule has 1 fully saturated rings. The van der Waals surface area contributed by atoms with Crippen LogP contribution in [-0.2, 0) is 0 Å². The van der Waals surface area contributed by atoms with Gasteiger partial charge in [0.2, 0.25) is 5.67 Å². The van der Waals surface area contributed by atoms with Gasteiger partial charge in [-0.05, 0) is 5.92 Å². The third-order valence-electron chi connectivity index (χ3n) is 2.12. The van der Waals surface area contributed by atoms with E-state index in [1.807, 2.05) is 4.90 Å². The molecule has 0 bridgehead atoms. The summed E-state index contributed by atoms with van der Waals surface area (Å²) in [5, 5.41) is 8.53. The number of nitriles is 1. The van der Waals surface area contributed by atoms with Crippen molar-refractivity contribution in [2.45, 2.75) is 25.9 Å². The standard InChI is InChI=1S/C9H15FN2/c1-8(2)5-12-4-3-9(10,6-11)7-12/h8H,3-5,7H2,1-2H3. The van der Waals surface area contributed by atoms with Crippen LogP contribution in [0, 0.1) is 17.2 Å². The van der Waals surface area contributed by atoms with E-state index in [9.17, 15) is 4.39 Å². The molecule has 1 rings (SSSR count). The van der Waals surface area contributed by atoms with Crippen molar-refractivity contribution in [2.75, 3.05) is 19.6 Å². The Morgan fingerprint density at radius 2 is 2.33 bits per heavy atom. The second-order valence-electron chi connectivity index (χ2n) is 3.96. The van der Waals surface area contributed by atoms with Crippen LogP contribution in [0.5, 0.6) is 0 Å². The number of hydrogen-bond donors (Lipinski definition) is 0. The van der Waals surface area contributed by atoms with Gasteiger partial charge >= 0.3 is 0 Å². The molecule has 2 nitrogen and oxygen atoms in total. The number of halogens is 1. The normalized spacial score (nSPS) is 30.9. The summed E-state index contributed by atoms with van der Waals surface area (Å²) in [4.78, 5) is 2.02. The van der Waals surface area contributed by atoms with Gasteiger partial charge in [0.05, 0.1) is 0 Å². The van der Waals surface area contributed by atoms with Crippen LogP contribution in [0.15, 0.2) is 0 Å². The maximum atomic E-state index is 13.3. The first-order chi connectivity index (χ1) is 5.56. The molecule has 3 heteroatoms.